The number of rotatable bonds is 4. The number of hydrogen-bond donors (Lipinski definition) is 1. The molecule has 0 bridgehead atoms. The minimum Gasteiger partial charge on any atom is -0.468 e. The molecule has 6 nitrogen and oxygen atoms in total. The molecule has 0 radical (unpaired) electrons. The van der Waals surface area contributed by atoms with E-state index in [4.69, 9.17) is 0 Å². The lowest BCUT2D eigenvalue weighted by atomic mass is 10.1. The molecular formula is C14H17N3O3S. The number of carbonyl (C=O) groups is 2. The Morgan fingerprint density at radius 3 is 2.62 bits per heavy atom. The van der Waals surface area contributed by atoms with Gasteiger partial charge in [-0.3, -0.25) is 9.59 Å². The molecule has 0 saturated carbocycles. The number of thiophene rings is 1. The van der Waals surface area contributed by atoms with Gasteiger partial charge in [-0.05, 0) is 19.4 Å². The Hall–Kier alpha value is -2.02. The van der Waals surface area contributed by atoms with Gasteiger partial charge in [0.05, 0.1) is 12.0 Å². The van der Waals surface area contributed by atoms with Crippen molar-refractivity contribution in [3.8, 4) is 0 Å². The van der Waals surface area contributed by atoms with Crippen LogP contribution in [0.2, 0.25) is 0 Å². The molecule has 0 unspecified atom stereocenters. The van der Waals surface area contributed by atoms with Crippen LogP contribution in [-0.2, 0) is 16.0 Å². The van der Waals surface area contributed by atoms with Crippen LogP contribution in [0.25, 0.3) is 10.2 Å². The summed E-state index contributed by atoms with van der Waals surface area (Å²) in [6, 6.07) is 0. The van der Waals surface area contributed by atoms with Crippen LogP contribution in [0.4, 0.5) is 0 Å². The number of aryl methyl sites for hydroxylation is 3. The zero-order valence-corrected chi connectivity index (χ0v) is 13.3. The first-order valence-electron chi connectivity index (χ1n) is 6.59. The molecule has 0 saturated heterocycles. The summed E-state index contributed by atoms with van der Waals surface area (Å²) in [7, 11) is 1.28. The average molecular weight is 307 g/mol. The van der Waals surface area contributed by atoms with Crippen molar-refractivity contribution < 1.29 is 14.3 Å². The van der Waals surface area contributed by atoms with Crippen molar-refractivity contribution >= 4 is 33.4 Å². The summed E-state index contributed by atoms with van der Waals surface area (Å²) < 4.78 is 4.50. The van der Waals surface area contributed by atoms with E-state index in [1.807, 2.05) is 20.8 Å². The monoisotopic (exact) mass is 307 g/mol. The fourth-order valence-electron chi connectivity index (χ4n) is 2.07. The highest BCUT2D eigenvalue weighted by atomic mass is 32.1. The van der Waals surface area contributed by atoms with Gasteiger partial charge in [-0.1, -0.05) is 6.92 Å². The highest BCUT2D eigenvalue weighted by molar-refractivity contribution is 7.20. The van der Waals surface area contributed by atoms with E-state index in [0.29, 0.717) is 4.88 Å². The standard InChI is InChI=1S/C14H17N3O3S/c1-5-9-16-8(3)11-7(2)12(21-14(11)17-9)13(19)15-6-10(18)20-4/h5-6H2,1-4H3,(H,15,19). The Balaban J connectivity index is 2.37. The number of carbonyl (C=O) groups excluding carboxylic acids is 2. The Bertz CT molecular complexity index is 709. The summed E-state index contributed by atoms with van der Waals surface area (Å²) in [6.45, 7) is 5.63. The first-order valence-corrected chi connectivity index (χ1v) is 7.41. The largest absolute Gasteiger partial charge is 0.468 e. The van der Waals surface area contributed by atoms with Gasteiger partial charge in [0.2, 0.25) is 0 Å². The summed E-state index contributed by atoms with van der Waals surface area (Å²) in [4.78, 5) is 33.5. The molecule has 7 heteroatoms. The van der Waals surface area contributed by atoms with Crippen LogP contribution in [0.15, 0.2) is 0 Å². The van der Waals surface area contributed by atoms with Gasteiger partial charge in [0.15, 0.2) is 0 Å². The van der Waals surface area contributed by atoms with Gasteiger partial charge in [-0.25, -0.2) is 9.97 Å². The smallest absolute Gasteiger partial charge is 0.325 e. The van der Waals surface area contributed by atoms with Crippen molar-refractivity contribution in [2.75, 3.05) is 13.7 Å². The predicted molar refractivity (Wildman–Crippen MR) is 80.6 cm³/mol. The van der Waals surface area contributed by atoms with Gasteiger partial charge in [-0.15, -0.1) is 11.3 Å². The molecule has 1 N–H and O–H groups in total. The summed E-state index contributed by atoms with van der Waals surface area (Å²) in [5.74, 6) is -0.00697. The first kappa shape index (κ1) is 15.4. The van der Waals surface area contributed by atoms with E-state index >= 15 is 0 Å². The minimum absolute atomic E-state index is 0.145. The lowest BCUT2D eigenvalue weighted by Crippen LogP contribution is -2.29. The molecule has 112 valence electrons. The van der Waals surface area contributed by atoms with Crippen molar-refractivity contribution in [2.45, 2.75) is 27.2 Å². The number of amides is 1. The third kappa shape index (κ3) is 3.02. The molecule has 2 aromatic heterocycles. The van der Waals surface area contributed by atoms with Crippen LogP contribution in [0.1, 0.15) is 33.7 Å². The van der Waals surface area contributed by atoms with Crippen molar-refractivity contribution in [3.63, 3.8) is 0 Å². The maximum atomic E-state index is 12.2. The second-order valence-corrected chi connectivity index (χ2v) is 5.57. The summed E-state index contributed by atoms with van der Waals surface area (Å²) in [5.41, 5.74) is 1.72. The van der Waals surface area contributed by atoms with Crippen molar-refractivity contribution in [2.24, 2.45) is 0 Å². The van der Waals surface area contributed by atoms with E-state index in [-0.39, 0.29) is 12.5 Å². The second-order valence-electron chi connectivity index (χ2n) is 4.57. The molecule has 2 aromatic rings. The fraction of sp³-hybridized carbons (Fsp3) is 0.429. The number of ether oxygens (including phenoxy) is 1. The molecule has 0 atom stereocenters. The Morgan fingerprint density at radius 2 is 2.00 bits per heavy atom. The third-order valence-electron chi connectivity index (χ3n) is 3.16. The highest BCUT2D eigenvalue weighted by Gasteiger charge is 2.19. The van der Waals surface area contributed by atoms with E-state index < -0.39 is 5.97 Å². The second kappa shape index (κ2) is 6.17. The topological polar surface area (TPSA) is 81.2 Å². The van der Waals surface area contributed by atoms with Crippen LogP contribution in [0.5, 0.6) is 0 Å². The third-order valence-corrected chi connectivity index (χ3v) is 4.35. The number of esters is 1. The molecule has 0 aliphatic carbocycles. The zero-order chi connectivity index (χ0) is 15.6. The molecule has 2 rings (SSSR count). The predicted octanol–water partition coefficient (Wildman–Crippen LogP) is 1.77. The molecular weight excluding hydrogens is 290 g/mol. The summed E-state index contributed by atoms with van der Waals surface area (Å²) in [6.07, 6.45) is 0.748. The number of nitrogens with one attached hydrogen (secondary N) is 1. The van der Waals surface area contributed by atoms with E-state index in [1.165, 1.54) is 18.4 Å². The number of fused-ring (bicyclic) bond motifs is 1. The Morgan fingerprint density at radius 1 is 1.29 bits per heavy atom. The lowest BCUT2D eigenvalue weighted by Gasteiger charge is -2.03. The zero-order valence-electron chi connectivity index (χ0n) is 12.4. The summed E-state index contributed by atoms with van der Waals surface area (Å²) >= 11 is 1.32. The molecule has 0 fully saturated rings. The number of aromatic nitrogens is 2. The highest BCUT2D eigenvalue weighted by Crippen LogP contribution is 2.31. The molecule has 2 heterocycles. The number of methoxy groups -OCH3 is 1. The van der Waals surface area contributed by atoms with Crippen LogP contribution in [0, 0.1) is 13.8 Å². The van der Waals surface area contributed by atoms with Gasteiger partial charge in [0, 0.05) is 17.5 Å². The van der Waals surface area contributed by atoms with Crippen molar-refractivity contribution in [1.29, 1.82) is 0 Å². The molecule has 21 heavy (non-hydrogen) atoms. The van der Waals surface area contributed by atoms with Crippen LogP contribution >= 0.6 is 11.3 Å². The maximum Gasteiger partial charge on any atom is 0.325 e. The normalized spacial score (nSPS) is 10.7. The van der Waals surface area contributed by atoms with Gasteiger partial charge in [0.1, 0.15) is 17.2 Å². The van der Waals surface area contributed by atoms with E-state index in [1.54, 1.807) is 0 Å². The SMILES string of the molecule is CCc1nc(C)c2c(C)c(C(=O)NCC(=O)OC)sc2n1. The quantitative estimate of drug-likeness (QED) is 0.871. The Labute approximate surface area is 126 Å². The molecule has 1 amide bonds. The molecule has 0 aliphatic rings. The van der Waals surface area contributed by atoms with Gasteiger partial charge in [-0.2, -0.15) is 0 Å². The van der Waals surface area contributed by atoms with Gasteiger partial charge >= 0.3 is 5.97 Å². The average Bonchev–Trinajstić information content (AvgIpc) is 2.81. The number of nitrogens with zero attached hydrogens (tertiary/aromatic N) is 2. The first-order chi connectivity index (χ1) is 9.97. The van der Waals surface area contributed by atoms with Crippen LogP contribution in [-0.4, -0.2) is 35.5 Å². The number of hydrogen-bond acceptors (Lipinski definition) is 6. The maximum absolute atomic E-state index is 12.2. The summed E-state index contributed by atoms with van der Waals surface area (Å²) in [5, 5.41) is 3.47. The van der Waals surface area contributed by atoms with Crippen LogP contribution in [0.3, 0.4) is 0 Å². The fourth-order valence-corrected chi connectivity index (χ4v) is 3.24. The van der Waals surface area contributed by atoms with E-state index in [2.05, 4.69) is 20.0 Å². The Kier molecular flexibility index (Phi) is 4.52. The molecule has 0 spiro atoms. The van der Waals surface area contributed by atoms with Crippen molar-refractivity contribution in [3.05, 3.63) is 22.0 Å². The van der Waals surface area contributed by atoms with Crippen LogP contribution < -0.4 is 5.32 Å². The van der Waals surface area contributed by atoms with Gasteiger partial charge in [0.25, 0.3) is 5.91 Å². The van der Waals surface area contributed by atoms with E-state index in [0.717, 1.165) is 33.7 Å². The minimum atomic E-state index is -0.480. The molecule has 0 aromatic carbocycles. The van der Waals surface area contributed by atoms with Gasteiger partial charge < -0.3 is 10.1 Å². The molecule has 0 aliphatic heterocycles. The van der Waals surface area contributed by atoms with E-state index in [9.17, 15) is 9.59 Å². The lowest BCUT2D eigenvalue weighted by molar-refractivity contribution is -0.139. The van der Waals surface area contributed by atoms with Crippen molar-refractivity contribution in [1.82, 2.24) is 15.3 Å².